The van der Waals surface area contributed by atoms with Gasteiger partial charge < -0.3 is 15.1 Å². The maximum absolute atomic E-state index is 14.0. The molecule has 6 nitrogen and oxygen atoms in total. The van der Waals surface area contributed by atoms with E-state index in [4.69, 9.17) is 23.2 Å². The van der Waals surface area contributed by atoms with Crippen molar-refractivity contribution in [2.75, 3.05) is 56.0 Å². The molecule has 0 atom stereocenters. The molecule has 2 amide bonds. The minimum Gasteiger partial charge on any atom is -0.366 e. The average molecular weight is 493 g/mol. The number of para-hydroxylation sites is 1. The number of rotatable bonds is 5. The Hall–Kier alpha value is -2.35. The molecule has 0 bridgehead atoms. The van der Waals surface area contributed by atoms with Crippen LogP contribution in [-0.2, 0) is 9.59 Å². The Morgan fingerprint density at radius 2 is 1.64 bits per heavy atom. The first-order chi connectivity index (χ1) is 15.9. The molecule has 0 aliphatic carbocycles. The van der Waals surface area contributed by atoms with E-state index in [2.05, 4.69) is 10.2 Å². The van der Waals surface area contributed by atoms with Crippen LogP contribution in [0.3, 0.4) is 0 Å². The smallest absolute Gasteiger partial charge is 0.238 e. The molecule has 2 fully saturated rings. The molecule has 176 valence electrons. The molecule has 4 rings (SSSR count). The molecule has 0 unspecified atom stereocenters. The lowest BCUT2D eigenvalue weighted by molar-refractivity contribution is -0.137. The fraction of sp³-hybridized carbons (Fsp3) is 0.417. The molecule has 1 N–H and O–H groups in total. The van der Waals surface area contributed by atoms with Crippen LogP contribution in [0, 0.1) is 11.7 Å². The van der Waals surface area contributed by atoms with E-state index >= 15 is 0 Å². The van der Waals surface area contributed by atoms with Crippen LogP contribution in [0.15, 0.2) is 42.5 Å². The minimum atomic E-state index is -0.229. The number of piperidine rings is 1. The van der Waals surface area contributed by atoms with Gasteiger partial charge in [0.25, 0.3) is 0 Å². The molecule has 2 heterocycles. The highest BCUT2D eigenvalue weighted by Gasteiger charge is 2.31. The van der Waals surface area contributed by atoms with Crippen molar-refractivity contribution in [1.29, 1.82) is 0 Å². The molecule has 2 aliphatic heterocycles. The number of carbonyl (C=O) groups is 2. The molecule has 0 radical (unpaired) electrons. The summed E-state index contributed by atoms with van der Waals surface area (Å²) in [6.45, 7) is 4.10. The van der Waals surface area contributed by atoms with Gasteiger partial charge in [0.15, 0.2) is 0 Å². The van der Waals surface area contributed by atoms with Gasteiger partial charge in [0.1, 0.15) is 5.82 Å². The zero-order valence-electron chi connectivity index (χ0n) is 18.3. The topological polar surface area (TPSA) is 55.9 Å². The normalized spacial score (nSPS) is 17.8. The Bertz CT molecular complexity index is 1010. The van der Waals surface area contributed by atoms with Gasteiger partial charge in [-0.05, 0) is 56.3 Å². The monoisotopic (exact) mass is 492 g/mol. The number of likely N-dealkylation sites (tertiary alicyclic amines) is 1. The number of anilines is 2. The van der Waals surface area contributed by atoms with Crippen molar-refractivity contribution >= 4 is 46.4 Å². The summed E-state index contributed by atoms with van der Waals surface area (Å²) in [4.78, 5) is 31.3. The summed E-state index contributed by atoms with van der Waals surface area (Å²) in [6, 6.07) is 11.7. The van der Waals surface area contributed by atoms with E-state index in [1.165, 1.54) is 6.07 Å². The lowest BCUT2D eigenvalue weighted by Gasteiger charge is -2.39. The average Bonchev–Trinajstić information content (AvgIpc) is 2.82. The number of halogens is 3. The summed E-state index contributed by atoms with van der Waals surface area (Å²) >= 11 is 11.9. The summed E-state index contributed by atoms with van der Waals surface area (Å²) in [6.07, 6.45) is 1.46. The second-order valence-corrected chi connectivity index (χ2v) is 9.31. The number of carbonyl (C=O) groups excluding carboxylic acids is 2. The molecule has 2 aromatic carbocycles. The van der Waals surface area contributed by atoms with Crippen LogP contribution in [0.25, 0.3) is 0 Å². The van der Waals surface area contributed by atoms with E-state index in [1.807, 2.05) is 15.9 Å². The highest BCUT2D eigenvalue weighted by Crippen LogP contribution is 2.26. The number of nitrogens with zero attached hydrogens (tertiary/aromatic N) is 3. The first kappa shape index (κ1) is 23.8. The van der Waals surface area contributed by atoms with E-state index in [9.17, 15) is 14.0 Å². The Morgan fingerprint density at radius 1 is 0.939 bits per heavy atom. The van der Waals surface area contributed by atoms with Gasteiger partial charge >= 0.3 is 0 Å². The second-order valence-electron chi connectivity index (χ2n) is 8.49. The number of hydrogen-bond donors (Lipinski definition) is 1. The van der Waals surface area contributed by atoms with Crippen molar-refractivity contribution < 1.29 is 14.0 Å². The van der Waals surface area contributed by atoms with Crippen molar-refractivity contribution in [2.24, 2.45) is 5.92 Å². The maximum Gasteiger partial charge on any atom is 0.238 e. The summed E-state index contributed by atoms with van der Waals surface area (Å²) < 4.78 is 14.0. The van der Waals surface area contributed by atoms with Crippen molar-refractivity contribution in [2.45, 2.75) is 12.8 Å². The third-order valence-electron chi connectivity index (χ3n) is 6.29. The highest BCUT2D eigenvalue weighted by molar-refractivity contribution is 6.42. The van der Waals surface area contributed by atoms with Crippen LogP contribution >= 0.6 is 23.2 Å². The van der Waals surface area contributed by atoms with Crippen molar-refractivity contribution in [3.8, 4) is 0 Å². The van der Waals surface area contributed by atoms with Crippen LogP contribution in [0.4, 0.5) is 15.8 Å². The number of benzene rings is 2. The third kappa shape index (κ3) is 5.96. The largest absolute Gasteiger partial charge is 0.366 e. The van der Waals surface area contributed by atoms with Crippen molar-refractivity contribution in [3.05, 3.63) is 58.3 Å². The number of nitrogens with one attached hydrogen (secondary N) is 1. The summed E-state index contributed by atoms with van der Waals surface area (Å²) in [5.74, 6) is -0.210. The van der Waals surface area contributed by atoms with E-state index in [1.54, 1.807) is 30.3 Å². The van der Waals surface area contributed by atoms with Gasteiger partial charge in [-0.15, -0.1) is 0 Å². The predicted octanol–water partition coefficient (Wildman–Crippen LogP) is 4.13. The Kier molecular flexibility index (Phi) is 7.73. The molecule has 2 aliphatic rings. The van der Waals surface area contributed by atoms with Crippen molar-refractivity contribution in [1.82, 2.24) is 9.80 Å². The standard InChI is InChI=1S/C24H27Cl2FN4O2/c25-19-6-5-18(15-20(19)26)28-23(32)16-29-9-7-17(8-10-29)24(33)31-13-11-30(12-14-31)22-4-2-1-3-21(22)27/h1-6,15,17H,7-14,16H2,(H,28,32). The molecular weight excluding hydrogens is 466 g/mol. The van der Waals surface area contributed by atoms with Gasteiger partial charge in [-0.25, -0.2) is 4.39 Å². The SMILES string of the molecule is O=C(CN1CCC(C(=O)N2CCN(c3ccccc3F)CC2)CC1)Nc1ccc(Cl)c(Cl)c1. The zero-order valence-corrected chi connectivity index (χ0v) is 19.8. The quantitative estimate of drug-likeness (QED) is 0.681. The minimum absolute atomic E-state index is 0.0283. The van der Waals surface area contributed by atoms with Gasteiger partial charge in [0.05, 0.1) is 22.3 Å². The molecule has 9 heteroatoms. The van der Waals surface area contributed by atoms with Gasteiger partial charge in [-0.2, -0.15) is 0 Å². The number of amides is 2. The molecule has 0 aromatic heterocycles. The molecule has 2 aromatic rings. The fourth-order valence-corrected chi connectivity index (χ4v) is 4.75. The first-order valence-corrected chi connectivity index (χ1v) is 11.9. The lowest BCUT2D eigenvalue weighted by Crippen LogP contribution is -2.52. The Balaban J connectivity index is 1.21. The molecule has 0 spiro atoms. The Labute approximate surface area is 203 Å². The van der Waals surface area contributed by atoms with Crippen molar-refractivity contribution in [3.63, 3.8) is 0 Å². The summed E-state index contributed by atoms with van der Waals surface area (Å²) in [5.41, 5.74) is 1.20. The maximum atomic E-state index is 14.0. The van der Waals surface area contributed by atoms with E-state index in [0.29, 0.717) is 60.7 Å². The third-order valence-corrected chi connectivity index (χ3v) is 7.03. The van der Waals surface area contributed by atoms with Crippen LogP contribution in [0.5, 0.6) is 0 Å². The van der Waals surface area contributed by atoms with Gasteiger partial charge in [0.2, 0.25) is 11.8 Å². The Morgan fingerprint density at radius 3 is 2.30 bits per heavy atom. The lowest BCUT2D eigenvalue weighted by atomic mass is 9.95. The summed E-state index contributed by atoms with van der Waals surface area (Å²) in [7, 11) is 0. The molecular formula is C24H27Cl2FN4O2. The molecule has 33 heavy (non-hydrogen) atoms. The van der Waals surface area contributed by atoms with Crippen LogP contribution in [0.1, 0.15) is 12.8 Å². The van der Waals surface area contributed by atoms with E-state index in [-0.39, 0.29) is 30.1 Å². The number of piperazine rings is 1. The molecule has 0 saturated carbocycles. The van der Waals surface area contributed by atoms with Crippen LogP contribution in [0.2, 0.25) is 10.0 Å². The van der Waals surface area contributed by atoms with Gasteiger partial charge in [0, 0.05) is 37.8 Å². The van der Waals surface area contributed by atoms with Crippen LogP contribution in [-0.4, -0.2) is 67.4 Å². The van der Waals surface area contributed by atoms with Crippen LogP contribution < -0.4 is 10.2 Å². The summed E-state index contributed by atoms with van der Waals surface area (Å²) in [5, 5.41) is 3.67. The number of hydrogen-bond acceptors (Lipinski definition) is 4. The van der Waals surface area contributed by atoms with Gasteiger partial charge in [-0.3, -0.25) is 14.5 Å². The zero-order chi connectivity index (χ0) is 23.4. The molecule has 2 saturated heterocycles. The second kappa shape index (κ2) is 10.7. The van der Waals surface area contributed by atoms with E-state index in [0.717, 1.165) is 12.8 Å². The van der Waals surface area contributed by atoms with E-state index < -0.39 is 0 Å². The first-order valence-electron chi connectivity index (χ1n) is 11.2. The van der Waals surface area contributed by atoms with Gasteiger partial charge in [-0.1, -0.05) is 35.3 Å². The highest BCUT2D eigenvalue weighted by atomic mass is 35.5. The fourth-order valence-electron chi connectivity index (χ4n) is 4.45. The predicted molar refractivity (Wildman–Crippen MR) is 129 cm³/mol.